The van der Waals surface area contributed by atoms with Crippen LogP contribution in [0.4, 0.5) is 24.5 Å². The number of phenols is 2. The van der Waals surface area contributed by atoms with Crippen LogP contribution < -0.4 is 5.32 Å². The molecule has 3 aromatic carbocycles. The van der Waals surface area contributed by atoms with Crippen LogP contribution in [-0.2, 0) is 10.1 Å². The van der Waals surface area contributed by atoms with Gasteiger partial charge in [0.05, 0.1) is 27.1 Å². The van der Waals surface area contributed by atoms with Gasteiger partial charge in [0.15, 0.2) is 17.5 Å². The van der Waals surface area contributed by atoms with Gasteiger partial charge in [-0.1, -0.05) is 0 Å². The fourth-order valence-electron chi connectivity index (χ4n) is 3.34. The molecular formula is C20H10F3NO7S. The second-order valence-electron chi connectivity index (χ2n) is 6.70. The van der Waals surface area contributed by atoms with E-state index in [0.29, 0.717) is 0 Å². The number of halogens is 3. The van der Waals surface area contributed by atoms with Gasteiger partial charge in [0.1, 0.15) is 17.2 Å². The molecule has 0 amide bonds. The third-order valence-corrected chi connectivity index (χ3v) is 5.68. The molecule has 0 atom stereocenters. The van der Waals surface area contributed by atoms with E-state index in [4.69, 9.17) is 4.55 Å². The van der Waals surface area contributed by atoms with Gasteiger partial charge in [-0.25, -0.2) is 13.2 Å². The van der Waals surface area contributed by atoms with Crippen LogP contribution in [0.1, 0.15) is 31.8 Å². The highest BCUT2D eigenvalue weighted by Gasteiger charge is 2.41. The first kappa shape index (κ1) is 21.3. The Hall–Kier alpha value is -3.90. The number of hydrogen-bond acceptors (Lipinski definition) is 7. The highest BCUT2D eigenvalue weighted by atomic mass is 32.2. The molecule has 0 aromatic heterocycles. The van der Waals surface area contributed by atoms with Gasteiger partial charge in [-0.3, -0.25) is 14.1 Å². The third kappa shape index (κ3) is 3.08. The molecule has 0 heterocycles. The number of phenolic OH excluding ortho intramolecular Hbond substituents is 2. The Morgan fingerprint density at radius 3 is 1.62 bits per heavy atom. The topological polar surface area (TPSA) is 141 Å². The van der Waals surface area contributed by atoms with Crippen molar-refractivity contribution in [3.05, 3.63) is 76.1 Å². The Morgan fingerprint density at radius 1 is 0.688 bits per heavy atom. The Kier molecular flexibility index (Phi) is 4.71. The maximum absolute atomic E-state index is 15.2. The molecule has 3 aromatic rings. The molecule has 0 radical (unpaired) electrons. The van der Waals surface area contributed by atoms with Gasteiger partial charge < -0.3 is 15.5 Å². The van der Waals surface area contributed by atoms with E-state index in [-0.39, 0.29) is 5.69 Å². The molecule has 0 aliphatic heterocycles. The zero-order chi connectivity index (χ0) is 23.5. The minimum atomic E-state index is -4.54. The molecule has 4 rings (SSSR count). The minimum Gasteiger partial charge on any atom is -0.507 e. The maximum atomic E-state index is 15.2. The normalized spacial score (nSPS) is 13.0. The maximum Gasteiger partial charge on any atom is 0.294 e. The van der Waals surface area contributed by atoms with Crippen molar-refractivity contribution in [2.45, 2.75) is 4.90 Å². The van der Waals surface area contributed by atoms with E-state index >= 15 is 4.39 Å². The quantitative estimate of drug-likeness (QED) is 0.205. The van der Waals surface area contributed by atoms with E-state index < -0.39 is 83.5 Å². The second kappa shape index (κ2) is 7.07. The summed E-state index contributed by atoms with van der Waals surface area (Å²) < 4.78 is 75.8. The van der Waals surface area contributed by atoms with E-state index in [0.717, 1.165) is 36.4 Å². The van der Waals surface area contributed by atoms with Crippen molar-refractivity contribution >= 4 is 33.1 Å². The summed E-state index contributed by atoms with van der Waals surface area (Å²) in [5, 5.41) is 22.0. The monoisotopic (exact) mass is 465 g/mol. The van der Waals surface area contributed by atoms with Crippen LogP contribution in [0.3, 0.4) is 0 Å². The van der Waals surface area contributed by atoms with E-state index in [1.165, 1.54) is 0 Å². The number of nitrogens with one attached hydrogen (secondary N) is 1. The largest absolute Gasteiger partial charge is 0.507 e. The average Bonchev–Trinajstić information content (AvgIpc) is 2.73. The van der Waals surface area contributed by atoms with Gasteiger partial charge in [0, 0.05) is 5.69 Å². The smallest absolute Gasteiger partial charge is 0.294 e. The zero-order valence-corrected chi connectivity index (χ0v) is 16.3. The summed E-state index contributed by atoms with van der Waals surface area (Å²) in [5.41, 5.74) is -5.27. The second-order valence-corrected chi connectivity index (χ2v) is 8.12. The number of anilines is 2. The lowest BCUT2D eigenvalue weighted by atomic mass is 9.82. The van der Waals surface area contributed by atoms with Gasteiger partial charge in [-0.2, -0.15) is 8.42 Å². The summed E-state index contributed by atoms with van der Waals surface area (Å²) in [6.45, 7) is 0. The lowest BCUT2D eigenvalue weighted by molar-refractivity contribution is 0.0966. The van der Waals surface area contributed by atoms with Crippen molar-refractivity contribution in [2.24, 2.45) is 0 Å². The minimum absolute atomic E-state index is 0.148. The van der Waals surface area contributed by atoms with E-state index in [1.807, 2.05) is 0 Å². The summed E-state index contributed by atoms with van der Waals surface area (Å²) in [5.74, 6) is -9.70. The van der Waals surface area contributed by atoms with Gasteiger partial charge in [0.25, 0.3) is 10.1 Å². The highest BCUT2D eigenvalue weighted by Crippen LogP contribution is 2.42. The molecule has 0 saturated carbocycles. The first-order valence-electron chi connectivity index (χ1n) is 8.62. The van der Waals surface area contributed by atoms with Crippen LogP contribution in [0.25, 0.3) is 0 Å². The molecule has 0 saturated heterocycles. The van der Waals surface area contributed by atoms with Crippen LogP contribution in [0, 0.1) is 17.5 Å². The third-order valence-electron chi connectivity index (χ3n) is 4.81. The van der Waals surface area contributed by atoms with Gasteiger partial charge in [-0.15, -0.1) is 0 Å². The molecule has 8 nitrogen and oxygen atoms in total. The fourth-order valence-corrected chi connectivity index (χ4v) is 3.82. The van der Waals surface area contributed by atoms with Crippen molar-refractivity contribution in [3.8, 4) is 11.5 Å². The van der Waals surface area contributed by atoms with Crippen molar-refractivity contribution in [1.29, 1.82) is 0 Å². The highest BCUT2D eigenvalue weighted by molar-refractivity contribution is 7.85. The lowest BCUT2D eigenvalue weighted by Gasteiger charge is -2.22. The van der Waals surface area contributed by atoms with E-state index in [1.54, 1.807) is 0 Å². The predicted octanol–water partition coefficient (Wildman–Crippen LogP) is 3.28. The number of rotatable bonds is 3. The van der Waals surface area contributed by atoms with E-state index in [2.05, 4.69) is 5.32 Å². The summed E-state index contributed by atoms with van der Waals surface area (Å²) in [6, 6.07) is 5.54. The Balaban J connectivity index is 1.89. The van der Waals surface area contributed by atoms with Crippen LogP contribution >= 0.6 is 0 Å². The molecule has 164 valence electrons. The molecular weight excluding hydrogens is 455 g/mol. The molecule has 0 fully saturated rings. The Morgan fingerprint density at radius 2 is 1.16 bits per heavy atom. The SMILES string of the molecule is O=C1c2c(O)ccc(O)c2C(=O)c2c(F)c(Nc3ccc(S(=O)(=O)O)cc3)c(F)c(F)c21. The molecule has 12 heteroatoms. The summed E-state index contributed by atoms with van der Waals surface area (Å²) >= 11 is 0. The average molecular weight is 465 g/mol. The molecule has 1 aliphatic rings. The van der Waals surface area contributed by atoms with Crippen molar-refractivity contribution < 1.29 is 45.9 Å². The standard InChI is InChI=1S/C20H10F3NO7S/c21-15-13-14(20(28)12-10(26)6-5-9(25)11(12)19(13)27)16(22)18(17(15)23)24-7-1-3-8(4-2-7)32(29,30)31/h1-6,24-26H,(H,29,30,31). The van der Waals surface area contributed by atoms with Crippen molar-refractivity contribution in [1.82, 2.24) is 0 Å². The first-order valence-corrected chi connectivity index (χ1v) is 10.1. The van der Waals surface area contributed by atoms with Crippen molar-refractivity contribution in [3.63, 3.8) is 0 Å². The van der Waals surface area contributed by atoms with Gasteiger partial charge in [0.2, 0.25) is 11.6 Å². The number of benzene rings is 3. The van der Waals surface area contributed by atoms with Crippen molar-refractivity contribution in [2.75, 3.05) is 5.32 Å². The number of hydrogen-bond donors (Lipinski definition) is 4. The summed E-state index contributed by atoms with van der Waals surface area (Å²) in [6.07, 6.45) is 0. The fraction of sp³-hybridized carbons (Fsp3) is 0. The Bertz CT molecular complexity index is 1450. The number of fused-ring (bicyclic) bond motifs is 2. The van der Waals surface area contributed by atoms with Crippen LogP contribution in [-0.4, -0.2) is 34.8 Å². The molecule has 0 unspecified atom stereocenters. The van der Waals surface area contributed by atoms with E-state index in [9.17, 15) is 37.0 Å². The molecule has 1 aliphatic carbocycles. The summed E-state index contributed by atoms with van der Waals surface area (Å²) in [4.78, 5) is 24.9. The molecule has 0 spiro atoms. The Labute approximate surface area is 177 Å². The molecule has 0 bridgehead atoms. The predicted molar refractivity (Wildman–Crippen MR) is 102 cm³/mol. The van der Waals surface area contributed by atoms with Crippen LogP contribution in [0.15, 0.2) is 41.3 Å². The number of aromatic hydroxyl groups is 2. The molecule has 32 heavy (non-hydrogen) atoms. The first-order chi connectivity index (χ1) is 14.9. The summed E-state index contributed by atoms with van der Waals surface area (Å²) in [7, 11) is -4.54. The number of carbonyl (C=O) groups excluding carboxylic acids is 2. The van der Waals surface area contributed by atoms with Crippen LogP contribution in [0.2, 0.25) is 0 Å². The number of carbonyl (C=O) groups is 2. The zero-order valence-electron chi connectivity index (χ0n) is 15.5. The van der Waals surface area contributed by atoms with Crippen LogP contribution in [0.5, 0.6) is 11.5 Å². The molecule has 4 N–H and O–H groups in total. The van der Waals surface area contributed by atoms with Gasteiger partial charge >= 0.3 is 0 Å². The van der Waals surface area contributed by atoms with Gasteiger partial charge in [-0.05, 0) is 36.4 Å². The number of ketones is 2. The lowest BCUT2D eigenvalue weighted by Crippen LogP contribution is -2.26.